The maximum atomic E-state index is 12.8. The van der Waals surface area contributed by atoms with Gasteiger partial charge in [-0.05, 0) is 81.8 Å². The highest BCUT2D eigenvalue weighted by Gasteiger charge is 2.30. The average Bonchev–Trinajstić information content (AvgIpc) is 2.60. The Kier molecular flexibility index (Phi) is 6.53. The van der Waals surface area contributed by atoms with E-state index in [1.165, 1.54) is 6.42 Å². The standard InChI is InChI=1S/C22H33N3O2/c1-16-5-4-8-25(14-16)22(27)19-6-9-24(10-7-19)15-21(26)23-20-12-17(2)11-18(3)13-20/h11-13,16,19H,4-10,14-15H2,1-3H3,(H,23,26). The normalized spacial score (nSPS) is 21.9. The van der Waals surface area contributed by atoms with Crippen LogP contribution in [-0.4, -0.2) is 54.3 Å². The van der Waals surface area contributed by atoms with Gasteiger partial charge in [0.2, 0.25) is 11.8 Å². The Hall–Kier alpha value is -1.88. The van der Waals surface area contributed by atoms with Crippen molar-refractivity contribution in [3.05, 3.63) is 29.3 Å². The quantitative estimate of drug-likeness (QED) is 0.884. The Bertz CT molecular complexity index is 660. The molecular formula is C22H33N3O2. The molecule has 1 aromatic carbocycles. The van der Waals surface area contributed by atoms with Gasteiger partial charge in [0.1, 0.15) is 0 Å². The Morgan fingerprint density at radius 1 is 1.04 bits per heavy atom. The summed E-state index contributed by atoms with van der Waals surface area (Å²) in [5, 5.41) is 3.01. The topological polar surface area (TPSA) is 52.7 Å². The summed E-state index contributed by atoms with van der Waals surface area (Å²) in [5.41, 5.74) is 3.16. The Morgan fingerprint density at radius 3 is 2.33 bits per heavy atom. The summed E-state index contributed by atoms with van der Waals surface area (Å²) < 4.78 is 0. The zero-order valence-electron chi connectivity index (χ0n) is 17.0. The molecule has 0 radical (unpaired) electrons. The average molecular weight is 372 g/mol. The summed E-state index contributed by atoms with van der Waals surface area (Å²) in [7, 11) is 0. The number of carbonyl (C=O) groups is 2. The molecule has 2 amide bonds. The highest BCUT2D eigenvalue weighted by atomic mass is 16.2. The lowest BCUT2D eigenvalue weighted by Gasteiger charge is -2.37. The molecule has 2 fully saturated rings. The molecule has 1 unspecified atom stereocenters. The lowest BCUT2D eigenvalue weighted by Crippen LogP contribution is -2.47. The summed E-state index contributed by atoms with van der Waals surface area (Å²) in [6.07, 6.45) is 4.09. The first kappa shape index (κ1) is 19.9. The highest BCUT2D eigenvalue weighted by Crippen LogP contribution is 2.23. The van der Waals surface area contributed by atoms with Crippen LogP contribution in [0.15, 0.2) is 18.2 Å². The van der Waals surface area contributed by atoms with Crippen LogP contribution in [-0.2, 0) is 9.59 Å². The van der Waals surface area contributed by atoms with E-state index in [1.54, 1.807) is 0 Å². The van der Waals surface area contributed by atoms with Gasteiger partial charge in [0.15, 0.2) is 0 Å². The van der Waals surface area contributed by atoms with Crippen LogP contribution in [0.4, 0.5) is 5.69 Å². The van der Waals surface area contributed by atoms with E-state index >= 15 is 0 Å². The lowest BCUT2D eigenvalue weighted by atomic mass is 9.93. The van der Waals surface area contributed by atoms with Gasteiger partial charge in [0.05, 0.1) is 6.54 Å². The number of anilines is 1. The van der Waals surface area contributed by atoms with Gasteiger partial charge in [-0.2, -0.15) is 0 Å². The van der Waals surface area contributed by atoms with Crippen LogP contribution >= 0.6 is 0 Å². The third-order valence-electron chi connectivity index (χ3n) is 5.78. The number of piperidine rings is 2. The third-order valence-corrected chi connectivity index (χ3v) is 5.78. The minimum absolute atomic E-state index is 0.0228. The van der Waals surface area contributed by atoms with E-state index in [-0.39, 0.29) is 11.8 Å². The number of nitrogens with zero attached hydrogens (tertiary/aromatic N) is 2. The van der Waals surface area contributed by atoms with E-state index in [4.69, 9.17) is 0 Å². The molecule has 0 spiro atoms. The van der Waals surface area contributed by atoms with Gasteiger partial charge in [0, 0.05) is 24.7 Å². The minimum atomic E-state index is 0.0228. The van der Waals surface area contributed by atoms with Crippen LogP contribution in [0.1, 0.15) is 43.7 Å². The van der Waals surface area contributed by atoms with Crippen LogP contribution in [0, 0.1) is 25.7 Å². The number of hydrogen-bond donors (Lipinski definition) is 1. The number of aryl methyl sites for hydroxylation is 2. The molecule has 0 aromatic heterocycles. The predicted octanol–water partition coefficient (Wildman–Crippen LogP) is 3.21. The van der Waals surface area contributed by atoms with Gasteiger partial charge in [0.25, 0.3) is 0 Å². The molecule has 0 bridgehead atoms. The number of benzene rings is 1. The zero-order chi connectivity index (χ0) is 19.4. The second-order valence-electron chi connectivity index (χ2n) is 8.51. The van der Waals surface area contributed by atoms with Crippen molar-refractivity contribution in [2.24, 2.45) is 11.8 Å². The summed E-state index contributed by atoms with van der Waals surface area (Å²) in [6.45, 7) is 10.2. The molecule has 3 rings (SSSR count). The minimum Gasteiger partial charge on any atom is -0.342 e. The van der Waals surface area contributed by atoms with Crippen LogP contribution in [0.3, 0.4) is 0 Å². The van der Waals surface area contributed by atoms with Crippen molar-refractivity contribution in [1.29, 1.82) is 0 Å². The third kappa shape index (κ3) is 5.55. The van der Waals surface area contributed by atoms with Crippen molar-refractivity contribution < 1.29 is 9.59 Å². The smallest absolute Gasteiger partial charge is 0.238 e. The number of hydrogen-bond acceptors (Lipinski definition) is 3. The first-order valence-corrected chi connectivity index (χ1v) is 10.3. The molecule has 2 aliphatic rings. The largest absolute Gasteiger partial charge is 0.342 e. The van der Waals surface area contributed by atoms with Crippen molar-refractivity contribution >= 4 is 17.5 Å². The maximum absolute atomic E-state index is 12.8. The molecule has 5 nitrogen and oxygen atoms in total. The molecule has 148 valence electrons. The first-order valence-electron chi connectivity index (χ1n) is 10.3. The summed E-state index contributed by atoms with van der Waals surface area (Å²) in [4.78, 5) is 29.4. The number of carbonyl (C=O) groups excluding carboxylic acids is 2. The van der Waals surface area contributed by atoms with Crippen LogP contribution in [0.5, 0.6) is 0 Å². The maximum Gasteiger partial charge on any atom is 0.238 e. The molecule has 1 N–H and O–H groups in total. The van der Waals surface area contributed by atoms with Crippen LogP contribution in [0.2, 0.25) is 0 Å². The molecule has 2 saturated heterocycles. The Labute approximate surface area is 163 Å². The fourth-order valence-corrected chi connectivity index (χ4v) is 4.44. The van der Waals surface area contributed by atoms with Gasteiger partial charge < -0.3 is 10.2 Å². The molecule has 2 heterocycles. The Morgan fingerprint density at radius 2 is 1.70 bits per heavy atom. The molecule has 5 heteroatoms. The van der Waals surface area contributed by atoms with Crippen molar-refractivity contribution in [1.82, 2.24) is 9.80 Å². The lowest BCUT2D eigenvalue weighted by molar-refractivity contribution is -0.138. The van der Waals surface area contributed by atoms with E-state index in [0.717, 1.165) is 62.3 Å². The number of amides is 2. The molecule has 1 atom stereocenters. The van der Waals surface area contributed by atoms with Crippen molar-refractivity contribution in [3.8, 4) is 0 Å². The van der Waals surface area contributed by atoms with E-state index < -0.39 is 0 Å². The molecule has 0 saturated carbocycles. The fraction of sp³-hybridized carbons (Fsp3) is 0.636. The van der Waals surface area contributed by atoms with Crippen molar-refractivity contribution in [2.45, 2.75) is 46.5 Å². The second-order valence-corrected chi connectivity index (χ2v) is 8.51. The van der Waals surface area contributed by atoms with Crippen molar-refractivity contribution in [2.75, 3.05) is 38.0 Å². The van der Waals surface area contributed by atoms with Gasteiger partial charge in [-0.1, -0.05) is 13.0 Å². The van der Waals surface area contributed by atoms with Crippen molar-refractivity contribution in [3.63, 3.8) is 0 Å². The van der Waals surface area contributed by atoms with Gasteiger partial charge in [-0.3, -0.25) is 14.5 Å². The predicted molar refractivity (Wildman–Crippen MR) is 109 cm³/mol. The van der Waals surface area contributed by atoms with Gasteiger partial charge in [-0.15, -0.1) is 0 Å². The number of likely N-dealkylation sites (tertiary alicyclic amines) is 2. The second kappa shape index (κ2) is 8.87. The van der Waals surface area contributed by atoms with Gasteiger partial charge in [-0.25, -0.2) is 0 Å². The molecule has 0 aliphatic carbocycles. The first-order chi connectivity index (χ1) is 12.9. The monoisotopic (exact) mass is 371 g/mol. The summed E-state index contributed by atoms with van der Waals surface area (Å²) >= 11 is 0. The molecule has 27 heavy (non-hydrogen) atoms. The Balaban J connectivity index is 1.45. The van der Waals surface area contributed by atoms with E-state index in [1.807, 2.05) is 26.0 Å². The van der Waals surface area contributed by atoms with Crippen LogP contribution < -0.4 is 5.32 Å². The van der Waals surface area contributed by atoms with Gasteiger partial charge >= 0.3 is 0 Å². The zero-order valence-corrected chi connectivity index (χ0v) is 17.0. The highest BCUT2D eigenvalue weighted by molar-refractivity contribution is 5.92. The SMILES string of the molecule is Cc1cc(C)cc(NC(=O)CN2CCC(C(=O)N3CCCC(C)C3)CC2)c1. The number of nitrogens with one attached hydrogen (secondary N) is 1. The van der Waals surface area contributed by atoms with E-state index in [0.29, 0.717) is 18.4 Å². The fourth-order valence-electron chi connectivity index (χ4n) is 4.44. The van der Waals surface area contributed by atoms with E-state index in [2.05, 4.69) is 28.1 Å². The van der Waals surface area contributed by atoms with E-state index in [9.17, 15) is 9.59 Å². The number of rotatable bonds is 4. The summed E-state index contributed by atoms with van der Waals surface area (Å²) in [6, 6.07) is 6.09. The summed E-state index contributed by atoms with van der Waals surface area (Å²) in [5.74, 6) is 1.11. The molecular weight excluding hydrogens is 338 g/mol. The molecule has 1 aromatic rings. The van der Waals surface area contributed by atoms with Crippen LogP contribution in [0.25, 0.3) is 0 Å². The molecule has 2 aliphatic heterocycles.